The molecule has 9 heteroatoms. The number of hydrogen-bond acceptors (Lipinski definition) is 6. The van der Waals surface area contributed by atoms with Gasteiger partial charge in [0.05, 0.1) is 30.5 Å². The molecule has 0 bridgehead atoms. The molecule has 0 aliphatic carbocycles. The van der Waals surface area contributed by atoms with Crippen LogP contribution < -0.4 is 0 Å². The molecule has 0 aliphatic rings. The minimum Gasteiger partial charge on any atom is -0.468 e. The Morgan fingerprint density at radius 1 is 1.00 bits per heavy atom. The van der Waals surface area contributed by atoms with E-state index in [2.05, 4.69) is 0 Å². The van der Waals surface area contributed by atoms with E-state index in [4.69, 9.17) is 8.83 Å². The van der Waals surface area contributed by atoms with Crippen molar-refractivity contribution in [3.05, 3.63) is 82.2 Å². The van der Waals surface area contributed by atoms with Crippen LogP contribution in [0.5, 0.6) is 0 Å². The Bertz CT molecular complexity index is 958. The van der Waals surface area contributed by atoms with Gasteiger partial charge in [-0.15, -0.1) is 0 Å². The molecule has 0 fully saturated rings. The highest BCUT2D eigenvalue weighted by Crippen LogP contribution is 2.31. The summed E-state index contributed by atoms with van der Waals surface area (Å²) in [4.78, 5) is 10.3. The fourth-order valence-corrected chi connectivity index (χ4v) is 4.36. The number of rotatable bonds is 7. The molecular weight excluding hydrogens is 360 g/mol. The van der Waals surface area contributed by atoms with Crippen molar-refractivity contribution < 1.29 is 22.2 Å². The highest BCUT2D eigenvalue weighted by molar-refractivity contribution is 7.89. The lowest BCUT2D eigenvalue weighted by Crippen LogP contribution is -2.31. The minimum absolute atomic E-state index is 0.0818. The quantitative estimate of drug-likeness (QED) is 0.461. The minimum atomic E-state index is -4.19. The standard InChI is InChI=1S/C17H16N2O6S/c1-13-5-2-8-16(19(20)21)17(13)26(22,23)18(11-14-6-3-9-24-14)12-15-7-4-10-25-15/h2-10H,11-12H2,1H3. The van der Waals surface area contributed by atoms with Gasteiger partial charge in [0.1, 0.15) is 11.5 Å². The Morgan fingerprint density at radius 3 is 2.04 bits per heavy atom. The van der Waals surface area contributed by atoms with E-state index in [0.717, 1.165) is 4.31 Å². The van der Waals surface area contributed by atoms with E-state index in [1.807, 2.05) is 0 Å². The summed E-state index contributed by atoms with van der Waals surface area (Å²) in [6.45, 7) is 1.36. The van der Waals surface area contributed by atoms with Crippen molar-refractivity contribution in [1.29, 1.82) is 0 Å². The number of nitro groups is 1. The van der Waals surface area contributed by atoms with Gasteiger partial charge in [0, 0.05) is 6.07 Å². The van der Waals surface area contributed by atoms with Crippen molar-refractivity contribution in [2.75, 3.05) is 0 Å². The van der Waals surface area contributed by atoms with Crippen molar-refractivity contribution in [3.63, 3.8) is 0 Å². The van der Waals surface area contributed by atoms with Crippen LogP contribution in [0.4, 0.5) is 5.69 Å². The summed E-state index contributed by atoms with van der Waals surface area (Å²) in [6, 6.07) is 10.7. The van der Waals surface area contributed by atoms with Crippen LogP contribution in [0, 0.1) is 17.0 Å². The van der Waals surface area contributed by atoms with Crippen molar-refractivity contribution in [1.82, 2.24) is 4.31 Å². The summed E-state index contributed by atoms with van der Waals surface area (Å²) in [5, 5.41) is 11.4. The lowest BCUT2D eigenvalue weighted by Gasteiger charge is -2.21. The number of hydrogen-bond donors (Lipinski definition) is 0. The monoisotopic (exact) mass is 376 g/mol. The molecule has 8 nitrogen and oxygen atoms in total. The molecule has 3 aromatic rings. The maximum absolute atomic E-state index is 13.3. The molecule has 0 atom stereocenters. The summed E-state index contributed by atoms with van der Waals surface area (Å²) in [7, 11) is -4.19. The molecule has 2 aromatic heterocycles. The van der Waals surface area contributed by atoms with Crippen LogP contribution in [0.3, 0.4) is 0 Å². The molecule has 0 amide bonds. The summed E-state index contributed by atoms with van der Waals surface area (Å²) < 4.78 is 38.1. The first-order valence-electron chi connectivity index (χ1n) is 7.68. The van der Waals surface area contributed by atoms with Crippen LogP contribution in [0.1, 0.15) is 17.1 Å². The van der Waals surface area contributed by atoms with Crippen molar-refractivity contribution in [2.45, 2.75) is 24.9 Å². The zero-order valence-corrected chi connectivity index (χ0v) is 14.7. The van der Waals surface area contributed by atoms with E-state index in [1.54, 1.807) is 24.3 Å². The fourth-order valence-electron chi connectivity index (χ4n) is 2.62. The fraction of sp³-hybridized carbons (Fsp3) is 0.176. The Morgan fingerprint density at radius 2 is 1.58 bits per heavy atom. The van der Waals surface area contributed by atoms with E-state index in [9.17, 15) is 18.5 Å². The van der Waals surface area contributed by atoms with E-state index in [0.29, 0.717) is 17.1 Å². The smallest absolute Gasteiger partial charge is 0.289 e. The van der Waals surface area contributed by atoms with Gasteiger partial charge in [-0.25, -0.2) is 8.42 Å². The highest BCUT2D eigenvalue weighted by atomic mass is 32.2. The van der Waals surface area contributed by atoms with E-state index in [1.165, 1.54) is 37.6 Å². The van der Waals surface area contributed by atoms with Gasteiger partial charge >= 0.3 is 0 Å². The third-order valence-corrected chi connectivity index (χ3v) is 5.80. The zero-order valence-electron chi connectivity index (χ0n) is 13.9. The summed E-state index contributed by atoms with van der Waals surface area (Å²) in [5.74, 6) is 0.827. The van der Waals surface area contributed by atoms with Gasteiger partial charge in [-0.2, -0.15) is 4.31 Å². The number of sulfonamides is 1. The third-order valence-electron chi connectivity index (χ3n) is 3.81. The van der Waals surface area contributed by atoms with Crippen LogP contribution in [0.15, 0.2) is 68.7 Å². The Kier molecular flexibility index (Phi) is 4.92. The van der Waals surface area contributed by atoms with Gasteiger partial charge in [0.2, 0.25) is 0 Å². The molecule has 1 aromatic carbocycles. The molecule has 0 saturated carbocycles. The molecule has 0 N–H and O–H groups in total. The Labute approximate surface area is 149 Å². The van der Waals surface area contributed by atoms with Gasteiger partial charge in [-0.05, 0) is 36.8 Å². The topological polar surface area (TPSA) is 107 Å². The maximum Gasteiger partial charge on any atom is 0.289 e. The number of furan rings is 2. The van der Waals surface area contributed by atoms with Gasteiger partial charge in [0.15, 0.2) is 4.90 Å². The first-order chi connectivity index (χ1) is 12.4. The molecular formula is C17H16N2O6S. The number of nitro benzene ring substituents is 1. The number of aryl methyl sites for hydroxylation is 1. The second-order valence-electron chi connectivity index (χ2n) is 5.61. The largest absolute Gasteiger partial charge is 0.468 e. The lowest BCUT2D eigenvalue weighted by molar-refractivity contribution is -0.387. The van der Waals surface area contributed by atoms with Crippen LogP contribution in [-0.2, 0) is 23.1 Å². The molecule has 136 valence electrons. The van der Waals surface area contributed by atoms with Crippen molar-refractivity contribution >= 4 is 15.7 Å². The summed E-state index contributed by atoms with van der Waals surface area (Å²) in [5.41, 5.74) is -0.169. The predicted molar refractivity (Wildman–Crippen MR) is 91.7 cm³/mol. The molecule has 0 unspecified atom stereocenters. The SMILES string of the molecule is Cc1cccc([N+](=O)[O-])c1S(=O)(=O)N(Cc1ccco1)Cc1ccco1. The van der Waals surface area contributed by atoms with Gasteiger partial charge < -0.3 is 8.83 Å². The van der Waals surface area contributed by atoms with E-state index in [-0.39, 0.29) is 18.0 Å². The lowest BCUT2D eigenvalue weighted by atomic mass is 10.2. The Balaban J connectivity index is 2.08. The molecule has 0 radical (unpaired) electrons. The second kappa shape index (κ2) is 7.14. The van der Waals surface area contributed by atoms with Gasteiger partial charge in [-0.3, -0.25) is 10.1 Å². The third kappa shape index (κ3) is 3.53. The van der Waals surface area contributed by atoms with E-state index < -0.39 is 20.6 Å². The Hall–Kier alpha value is -2.91. The van der Waals surface area contributed by atoms with Crippen LogP contribution in [0.25, 0.3) is 0 Å². The molecule has 0 saturated heterocycles. The molecule has 26 heavy (non-hydrogen) atoms. The van der Waals surface area contributed by atoms with Gasteiger partial charge in [-0.1, -0.05) is 12.1 Å². The van der Waals surface area contributed by atoms with E-state index >= 15 is 0 Å². The molecule has 0 aliphatic heterocycles. The molecule has 3 rings (SSSR count). The first-order valence-corrected chi connectivity index (χ1v) is 9.12. The van der Waals surface area contributed by atoms with Crippen LogP contribution >= 0.6 is 0 Å². The average Bonchev–Trinajstić information content (AvgIpc) is 3.27. The average molecular weight is 376 g/mol. The number of benzene rings is 1. The normalized spacial score (nSPS) is 11.8. The van der Waals surface area contributed by atoms with Gasteiger partial charge in [0.25, 0.3) is 15.7 Å². The summed E-state index contributed by atoms with van der Waals surface area (Å²) in [6.07, 6.45) is 2.87. The van der Waals surface area contributed by atoms with Crippen LogP contribution in [0.2, 0.25) is 0 Å². The summed E-state index contributed by atoms with van der Waals surface area (Å²) >= 11 is 0. The first kappa shape index (κ1) is 17.9. The maximum atomic E-state index is 13.3. The zero-order chi connectivity index (χ0) is 18.7. The number of nitrogens with zero attached hydrogens (tertiary/aromatic N) is 2. The predicted octanol–water partition coefficient (Wildman–Crippen LogP) is 3.48. The molecule has 2 heterocycles. The van der Waals surface area contributed by atoms with Crippen LogP contribution in [-0.4, -0.2) is 17.6 Å². The van der Waals surface area contributed by atoms with Crippen molar-refractivity contribution in [2.24, 2.45) is 0 Å². The van der Waals surface area contributed by atoms with Crippen molar-refractivity contribution in [3.8, 4) is 0 Å². The highest BCUT2D eigenvalue weighted by Gasteiger charge is 2.34. The molecule has 0 spiro atoms. The second-order valence-corrected chi connectivity index (χ2v) is 7.49.